The molecule has 0 bridgehead atoms. The van der Waals surface area contributed by atoms with Crippen LogP contribution in [0.15, 0.2) is 47.2 Å². The van der Waals surface area contributed by atoms with Crippen molar-refractivity contribution < 1.29 is 0 Å². The lowest BCUT2D eigenvalue weighted by Gasteiger charge is -2.06. The Balaban J connectivity index is 1.74. The zero-order valence-electron chi connectivity index (χ0n) is 12.1. The molecule has 1 aromatic carbocycles. The average molecular weight is 356 g/mol. The molecule has 4 rings (SSSR count). The summed E-state index contributed by atoms with van der Waals surface area (Å²) >= 11 is 7.52. The second-order valence-corrected chi connectivity index (χ2v) is 6.12. The lowest BCUT2D eigenvalue weighted by molar-refractivity contribution is 1.08. The molecule has 0 saturated heterocycles. The summed E-state index contributed by atoms with van der Waals surface area (Å²) in [4.78, 5) is 17.0. The number of nitrogens with zero attached hydrogens (tertiary/aromatic N) is 5. The van der Waals surface area contributed by atoms with Gasteiger partial charge in [-0.05, 0) is 18.2 Å². The maximum Gasteiger partial charge on any atom is 0.187 e. The first-order valence-electron chi connectivity index (χ1n) is 6.95. The number of halogens is 1. The van der Waals surface area contributed by atoms with E-state index in [-0.39, 0.29) is 0 Å². The SMILES string of the molecule is Clc1cccc(Nc2ncnc3[nH]nc(N=Cc4nccs4)c23)c1. The summed E-state index contributed by atoms with van der Waals surface area (Å²) in [7, 11) is 0. The van der Waals surface area contributed by atoms with Crippen molar-refractivity contribution in [1.29, 1.82) is 0 Å². The van der Waals surface area contributed by atoms with Crippen LogP contribution in [0.1, 0.15) is 5.01 Å². The third-order valence-electron chi connectivity index (χ3n) is 3.17. The highest BCUT2D eigenvalue weighted by molar-refractivity contribution is 7.11. The lowest BCUT2D eigenvalue weighted by atomic mass is 10.3. The van der Waals surface area contributed by atoms with Gasteiger partial charge >= 0.3 is 0 Å². The van der Waals surface area contributed by atoms with Crippen LogP contribution in [0.2, 0.25) is 5.02 Å². The van der Waals surface area contributed by atoms with Crippen LogP contribution in [-0.2, 0) is 0 Å². The Morgan fingerprint density at radius 1 is 1.25 bits per heavy atom. The number of thiazole rings is 1. The van der Waals surface area contributed by atoms with Gasteiger partial charge in [-0.15, -0.1) is 11.3 Å². The smallest absolute Gasteiger partial charge is 0.187 e. The largest absolute Gasteiger partial charge is 0.339 e. The average Bonchev–Trinajstić information content (AvgIpc) is 3.23. The van der Waals surface area contributed by atoms with E-state index in [1.54, 1.807) is 12.4 Å². The Hall–Kier alpha value is -2.84. The van der Waals surface area contributed by atoms with Crippen LogP contribution in [0, 0.1) is 0 Å². The summed E-state index contributed by atoms with van der Waals surface area (Å²) in [5, 5.41) is 14.3. The van der Waals surface area contributed by atoms with Crippen molar-refractivity contribution in [2.75, 3.05) is 5.32 Å². The van der Waals surface area contributed by atoms with Gasteiger partial charge in [-0.25, -0.2) is 19.9 Å². The fraction of sp³-hybridized carbons (Fsp3) is 0. The third-order valence-corrected chi connectivity index (χ3v) is 4.12. The zero-order chi connectivity index (χ0) is 16.4. The molecule has 24 heavy (non-hydrogen) atoms. The first-order valence-corrected chi connectivity index (χ1v) is 8.20. The predicted molar refractivity (Wildman–Crippen MR) is 95.8 cm³/mol. The molecule has 9 heteroatoms. The summed E-state index contributed by atoms with van der Waals surface area (Å²) in [5.74, 6) is 1.09. The van der Waals surface area contributed by atoms with Crippen LogP contribution in [0.4, 0.5) is 17.3 Å². The van der Waals surface area contributed by atoms with Gasteiger partial charge in [0.2, 0.25) is 0 Å². The fourth-order valence-corrected chi connectivity index (χ4v) is 2.84. The van der Waals surface area contributed by atoms with E-state index < -0.39 is 0 Å². The minimum Gasteiger partial charge on any atom is -0.339 e. The van der Waals surface area contributed by atoms with Crippen molar-refractivity contribution in [3.05, 3.63) is 52.2 Å². The third kappa shape index (κ3) is 2.97. The molecular weight excluding hydrogens is 346 g/mol. The molecule has 3 aromatic heterocycles. The van der Waals surface area contributed by atoms with Crippen LogP contribution in [0.25, 0.3) is 11.0 Å². The monoisotopic (exact) mass is 355 g/mol. The normalized spacial score (nSPS) is 11.4. The predicted octanol–water partition coefficient (Wildman–Crippen LogP) is 3.96. The van der Waals surface area contributed by atoms with Crippen molar-refractivity contribution in [2.45, 2.75) is 0 Å². The van der Waals surface area contributed by atoms with Crippen molar-refractivity contribution >= 4 is 57.5 Å². The highest BCUT2D eigenvalue weighted by Gasteiger charge is 2.12. The quantitative estimate of drug-likeness (QED) is 0.540. The van der Waals surface area contributed by atoms with Gasteiger partial charge in [0.15, 0.2) is 11.5 Å². The number of benzene rings is 1. The molecule has 0 aliphatic rings. The van der Waals surface area contributed by atoms with E-state index in [0.29, 0.717) is 27.7 Å². The summed E-state index contributed by atoms with van der Waals surface area (Å²) in [6.07, 6.45) is 4.85. The summed E-state index contributed by atoms with van der Waals surface area (Å²) in [5.41, 5.74) is 1.42. The molecule has 118 valence electrons. The Morgan fingerprint density at radius 2 is 2.21 bits per heavy atom. The summed E-state index contributed by atoms with van der Waals surface area (Å²) in [6, 6.07) is 7.39. The standard InChI is InChI=1S/C15H10ClN7S/c16-9-2-1-3-10(6-9)21-13-12-14(18-7-11-17-4-5-24-11)22-23-15(12)20-8-19-13/h1-8H,(H2,19,20,21,22,23). The Kier molecular flexibility index (Phi) is 3.89. The summed E-state index contributed by atoms with van der Waals surface area (Å²) < 4.78 is 0. The van der Waals surface area contributed by atoms with Gasteiger partial charge < -0.3 is 5.32 Å². The molecule has 0 aliphatic heterocycles. The van der Waals surface area contributed by atoms with Crippen molar-refractivity contribution in [3.63, 3.8) is 0 Å². The van der Waals surface area contributed by atoms with Gasteiger partial charge in [-0.3, -0.25) is 5.10 Å². The number of fused-ring (bicyclic) bond motifs is 1. The first kappa shape index (κ1) is 14.7. The van der Waals surface area contributed by atoms with Crippen LogP contribution < -0.4 is 5.32 Å². The molecule has 7 nitrogen and oxygen atoms in total. The molecule has 0 radical (unpaired) electrons. The molecule has 0 amide bonds. The number of aromatic amines is 1. The van der Waals surface area contributed by atoms with Gasteiger partial charge in [0.1, 0.15) is 22.5 Å². The van der Waals surface area contributed by atoms with E-state index in [1.165, 1.54) is 17.7 Å². The van der Waals surface area contributed by atoms with Crippen LogP contribution in [0.5, 0.6) is 0 Å². The van der Waals surface area contributed by atoms with E-state index in [9.17, 15) is 0 Å². The number of aliphatic imine (C=N–C) groups is 1. The lowest BCUT2D eigenvalue weighted by Crippen LogP contribution is -1.95. The minimum atomic E-state index is 0.491. The molecule has 0 atom stereocenters. The van der Waals surface area contributed by atoms with Gasteiger partial charge in [0.05, 0.1) is 6.21 Å². The van der Waals surface area contributed by atoms with E-state index in [1.807, 2.05) is 29.6 Å². The first-order chi connectivity index (χ1) is 11.8. The van der Waals surface area contributed by atoms with Gasteiger partial charge in [0.25, 0.3) is 0 Å². The van der Waals surface area contributed by atoms with E-state index in [4.69, 9.17) is 11.6 Å². The number of rotatable bonds is 4. The minimum absolute atomic E-state index is 0.491. The van der Waals surface area contributed by atoms with Gasteiger partial charge in [-0.2, -0.15) is 5.10 Å². The molecule has 0 spiro atoms. The van der Waals surface area contributed by atoms with E-state index in [2.05, 4.69) is 35.5 Å². The maximum absolute atomic E-state index is 6.03. The number of hydrogen-bond acceptors (Lipinski definition) is 7. The molecular formula is C15H10ClN7S. The second-order valence-electron chi connectivity index (χ2n) is 4.76. The van der Waals surface area contributed by atoms with Crippen LogP contribution in [0.3, 0.4) is 0 Å². The Labute approximate surface area is 145 Å². The number of aromatic nitrogens is 5. The van der Waals surface area contributed by atoms with Gasteiger partial charge in [-0.1, -0.05) is 17.7 Å². The molecule has 4 aromatic rings. The van der Waals surface area contributed by atoms with Crippen molar-refractivity contribution in [3.8, 4) is 0 Å². The van der Waals surface area contributed by atoms with Crippen molar-refractivity contribution in [2.24, 2.45) is 4.99 Å². The Morgan fingerprint density at radius 3 is 3.04 bits per heavy atom. The van der Waals surface area contributed by atoms with E-state index >= 15 is 0 Å². The number of nitrogens with one attached hydrogen (secondary N) is 2. The maximum atomic E-state index is 6.03. The molecule has 0 aliphatic carbocycles. The molecule has 0 saturated carbocycles. The van der Waals surface area contributed by atoms with Gasteiger partial charge in [0, 0.05) is 22.3 Å². The van der Waals surface area contributed by atoms with E-state index in [0.717, 1.165) is 10.7 Å². The second kappa shape index (κ2) is 6.34. The number of hydrogen-bond donors (Lipinski definition) is 2. The highest BCUT2D eigenvalue weighted by Crippen LogP contribution is 2.30. The number of anilines is 2. The topological polar surface area (TPSA) is 91.7 Å². The zero-order valence-corrected chi connectivity index (χ0v) is 13.7. The highest BCUT2D eigenvalue weighted by atomic mass is 35.5. The van der Waals surface area contributed by atoms with Crippen LogP contribution in [-0.4, -0.2) is 31.4 Å². The fourth-order valence-electron chi connectivity index (χ4n) is 2.15. The van der Waals surface area contributed by atoms with Crippen molar-refractivity contribution in [1.82, 2.24) is 25.1 Å². The molecule has 0 fully saturated rings. The summed E-state index contributed by atoms with van der Waals surface area (Å²) in [6.45, 7) is 0. The molecule has 2 N–H and O–H groups in total. The molecule has 0 unspecified atom stereocenters. The molecule has 3 heterocycles. The van der Waals surface area contributed by atoms with Crippen LogP contribution >= 0.6 is 22.9 Å². The Bertz CT molecular complexity index is 1010. The number of H-pyrrole nitrogens is 1.